The third kappa shape index (κ3) is 1.57. The third-order valence-electron chi connectivity index (χ3n) is 1.55. The van der Waals surface area contributed by atoms with Crippen molar-refractivity contribution in [1.29, 1.82) is 0 Å². The maximum Gasteiger partial charge on any atom is 0.137 e. The molecule has 2 N–H and O–H groups in total. The van der Waals surface area contributed by atoms with Gasteiger partial charge < -0.3 is 5.73 Å². The van der Waals surface area contributed by atoms with E-state index in [2.05, 4.69) is 9.98 Å². The van der Waals surface area contributed by atoms with Crippen molar-refractivity contribution in [3.63, 3.8) is 0 Å². The molecule has 1 aliphatic carbocycles. The number of thiazole rings is 1. The zero-order chi connectivity index (χ0) is 7.68. The van der Waals surface area contributed by atoms with Crippen molar-refractivity contribution in [2.45, 2.75) is 18.9 Å². The van der Waals surface area contributed by atoms with Gasteiger partial charge in [0.15, 0.2) is 0 Å². The quantitative estimate of drug-likeness (QED) is 0.528. The highest BCUT2D eigenvalue weighted by atomic mass is 32.1. The Morgan fingerprint density at radius 2 is 2.55 bits per heavy atom. The number of nitrogens with two attached hydrogens (primary N) is 1. The highest BCUT2D eigenvalue weighted by Crippen LogP contribution is 2.24. The van der Waals surface area contributed by atoms with E-state index < -0.39 is 0 Å². The molecule has 1 aromatic rings. The maximum atomic E-state index is 5.70. The second kappa shape index (κ2) is 2.62. The van der Waals surface area contributed by atoms with Gasteiger partial charge in [0, 0.05) is 6.20 Å². The molecule has 1 saturated carbocycles. The van der Waals surface area contributed by atoms with Crippen LogP contribution in [0.25, 0.3) is 0 Å². The summed E-state index contributed by atoms with van der Waals surface area (Å²) in [5, 5.41) is 0. The summed E-state index contributed by atoms with van der Waals surface area (Å²) in [6.07, 6.45) is 4.14. The van der Waals surface area contributed by atoms with Crippen LogP contribution >= 0.6 is 11.3 Å². The van der Waals surface area contributed by atoms with Gasteiger partial charge in [-0.05, 0) is 12.8 Å². The number of rotatable bonds is 2. The lowest BCUT2D eigenvalue weighted by Gasteiger charge is -1.92. The molecule has 11 heavy (non-hydrogen) atoms. The summed E-state index contributed by atoms with van der Waals surface area (Å²) < 4.78 is 0. The number of nitrogens with zero attached hydrogens (tertiary/aromatic N) is 2. The summed E-state index contributed by atoms with van der Waals surface area (Å²) >= 11 is 1.53. The summed E-state index contributed by atoms with van der Waals surface area (Å²) in [6.45, 7) is 0. The zero-order valence-electron chi connectivity index (χ0n) is 6.03. The Hall–Kier alpha value is -0.900. The Labute approximate surface area is 69.0 Å². The van der Waals surface area contributed by atoms with Crippen molar-refractivity contribution in [2.24, 2.45) is 10.7 Å². The number of aromatic nitrogens is 1. The summed E-state index contributed by atoms with van der Waals surface area (Å²) in [4.78, 5) is 9.21. The Kier molecular flexibility index (Phi) is 1.62. The summed E-state index contributed by atoms with van der Waals surface area (Å²) in [5.41, 5.74) is 7.47. The minimum absolute atomic E-state index is 0.497. The number of amidine groups is 1. The predicted octanol–water partition coefficient (Wildman–Crippen LogP) is 1.01. The monoisotopic (exact) mass is 167 g/mol. The minimum Gasteiger partial charge on any atom is -0.383 e. The van der Waals surface area contributed by atoms with Crippen LogP contribution in [0.3, 0.4) is 0 Å². The van der Waals surface area contributed by atoms with Crippen LogP contribution in [0, 0.1) is 0 Å². The summed E-state index contributed by atoms with van der Waals surface area (Å²) in [6, 6.07) is 0.497. The standard InChI is InChI=1S/C7H9N3S/c8-7(10-5-1-2-5)6-3-9-4-11-6/h3-5H,1-2H2,(H2,8,10). The second-order valence-corrected chi connectivity index (χ2v) is 3.50. The molecule has 0 aliphatic heterocycles. The Morgan fingerprint density at radius 1 is 1.73 bits per heavy atom. The lowest BCUT2D eigenvalue weighted by atomic mass is 10.5. The van der Waals surface area contributed by atoms with Gasteiger partial charge in [-0.1, -0.05) is 0 Å². The number of hydrogen-bond acceptors (Lipinski definition) is 3. The predicted molar refractivity (Wildman–Crippen MR) is 45.9 cm³/mol. The third-order valence-corrected chi connectivity index (χ3v) is 2.35. The van der Waals surface area contributed by atoms with Crippen molar-refractivity contribution in [2.75, 3.05) is 0 Å². The molecule has 0 atom stereocenters. The van der Waals surface area contributed by atoms with Gasteiger partial charge >= 0.3 is 0 Å². The molecular weight excluding hydrogens is 158 g/mol. The molecule has 0 amide bonds. The Bertz CT molecular complexity index is 261. The molecule has 0 saturated heterocycles. The topological polar surface area (TPSA) is 51.3 Å². The summed E-state index contributed by atoms with van der Waals surface area (Å²) in [7, 11) is 0. The molecule has 1 fully saturated rings. The molecule has 0 unspecified atom stereocenters. The average Bonchev–Trinajstić information content (AvgIpc) is 2.67. The van der Waals surface area contributed by atoms with Crippen LogP contribution in [0.1, 0.15) is 17.7 Å². The van der Waals surface area contributed by atoms with E-state index in [9.17, 15) is 0 Å². The normalized spacial score (nSPS) is 18.7. The average molecular weight is 167 g/mol. The van der Waals surface area contributed by atoms with Crippen LogP contribution in [-0.2, 0) is 0 Å². The molecule has 0 spiro atoms. The largest absolute Gasteiger partial charge is 0.383 e. The minimum atomic E-state index is 0.497. The fourth-order valence-corrected chi connectivity index (χ4v) is 1.34. The maximum absolute atomic E-state index is 5.70. The van der Waals surface area contributed by atoms with Crippen LogP contribution in [0.2, 0.25) is 0 Å². The Balaban J connectivity index is 2.15. The van der Waals surface area contributed by atoms with Gasteiger partial charge in [-0.3, -0.25) is 9.98 Å². The van der Waals surface area contributed by atoms with Crippen LogP contribution in [0.5, 0.6) is 0 Å². The van der Waals surface area contributed by atoms with Crippen molar-refractivity contribution in [3.05, 3.63) is 16.6 Å². The van der Waals surface area contributed by atoms with E-state index in [4.69, 9.17) is 5.73 Å². The first-order chi connectivity index (χ1) is 5.36. The molecule has 0 bridgehead atoms. The summed E-state index contributed by atoms with van der Waals surface area (Å²) in [5.74, 6) is 0.648. The number of aliphatic imine (C=N–C) groups is 1. The van der Waals surface area contributed by atoms with Crippen molar-refractivity contribution >= 4 is 17.2 Å². The van der Waals surface area contributed by atoms with Gasteiger partial charge in [-0.15, -0.1) is 11.3 Å². The van der Waals surface area contributed by atoms with Gasteiger partial charge in [-0.25, -0.2) is 0 Å². The van der Waals surface area contributed by atoms with Gasteiger partial charge in [0.05, 0.1) is 16.4 Å². The lowest BCUT2D eigenvalue weighted by Crippen LogP contribution is -2.12. The highest BCUT2D eigenvalue weighted by Gasteiger charge is 2.20. The molecule has 0 aromatic carbocycles. The fraction of sp³-hybridized carbons (Fsp3) is 0.429. The van der Waals surface area contributed by atoms with E-state index in [0.29, 0.717) is 11.9 Å². The van der Waals surface area contributed by atoms with Crippen molar-refractivity contribution in [3.8, 4) is 0 Å². The van der Waals surface area contributed by atoms with E-state index in [1.807, 2.05) is 0 Å². The second-order valence-electron chi connectivity index (χ2n) is 2.61. The SMILES string of the molecule is NC(=NC1CC1)c1cncs1. The highest BCUT2D eigenvalue weighted by molar-refractivity contribution is 7.11. The van der Waals surface area contributed by atoms with E-state index in [0.717, 1.165) is 4.88 Å². The van der Waals surface area contributed by atoms with E-state index in [1.54, 1.807) is 11.7 Å². The van der Waals surface area contributed by atoms with E-state index >= 15 is 0 Å². The first-order valence-corrected chi connectivity index (χ1v) is 4.46. The molecule has 58 valence electrons. The number of hydrogen-bond donors (Lipinski definition) is 1. The van der Waals surface area contributed by atoms with Gasteiger partial charge in [0.25, 0.3) is 0 Å². The van der Waals surface area contributed by atoms with Crippen LogP contribution in [0.15, 0.2) is 16.7 Å². The molecule has 3 nitrogen and oxygen atoms in total. The zero-order valence-corrected chi connectivity index (χ0v) is 6.84. The molecule has 1 aromatic heterocycles. The first-order valence-electron chi connectivity index (χ1n) is 3.58. The van der Waals surface area contributed by atoms with Crippen LogP contribution < -0.4 is 5.73 Å². The molecule has 0 radical (unpaired) electrons. The molecule has 1 aliphatic rings. The van der Waals surface area contributed by atoms with Crippen molar-refractivity contribution in [1.82, 2.24) is 4.98 Å². The van der Waals surface area contributed by atoms with E-state index in [-0.39, 0.29) is 0 Å². The van der Waals surface area contributed by atoms with E-state index in [1.165, 1.54) is 24.2 Å². The van der Waals surface area contributed by atoms with Gasteiger partial charge in [-0.2, -0.15) is 0 Å². The van der Waals surface area contributed by atoms with Crippen molar-refractivity contribution < 1.29 is 0 Å². The Morgan fingerprint density at radius 3 is 3.09 bits per heavy atom. The smallest absolute Gasteiger partial charge is 0.137 e. The first kappa shape index (κ1) is 6.79. The molecule has 1 heterocycles. The van der Waals surface area contributed by atoms with Crippen LogP contribution in [-0.4, -0.2) is 16.9 Å². The van der Waals surface area contributed by atoms with Gasteiger partial charge in [0.1, 0.15) is 5.84 Å². The molecule has 4 heteroatoms. The van der Waals surface area contributed by atoms with Crippen LogP contribution in [0.4, 0.5) is 0 Å². The lowest BCUT2D eigenvalue weighted by molar-refractivity contribution is 1.06. The molecular formula is C7H9N3S. The molecule has 2 rings (SSSR count). The van der Waals surface area contributed by atoms with Gasteiger partial charge in [0.2, 0.25) is 0 Å². The fourth-order valence-electron chi connectivity index (χ4n) is 0.806.